The first-order valence-electron chi connectivity index (χ1n) is 2.77. The lowest BCUT2D eigenvalue weighted by Gasteiger charge is -1.95. The molecule has 0 radical (unpaired) electrons. The van der Waals surface area contributed by atoms with Crippen LogP contribution in [0.5, 0.6) is 5.19 Å². The number of halogens is 1. The van der Waals surface area contributed by atoms with Gasteiger partial charge in [-0.2, -0.15) is 4.98 Å². The highest BCUT2D eigenvalue weighted by Gasteiger charge is 1.97. The summed E-state index contributed by atoms with van der Waals surface area (Å²) in [6, 6.07) is 0. The van der Waals surface area contributed by atoms with E-state index in [1.165, 1.54) is 11.3 Å². The molecule has 0 atom stereocenters. The third kappa shape index (κ3) is 2.24. The summed E-state index contributed by atoms with van der Waals surface area (Å²) in [7, 11) is 0. The molecule has 1 aromatic rings. The molecule has 1 heterocycles. The number of thiazole rings is 1. The minimum atomic E-state index is 0.525. The maximum atomic E-state index is 5.22. The predicted octanol–water partition coefficient (Wildman–Crippen LogP) is 1.24. The van der Waals surface area contributed by atoms with E-state index in [-0.39, 0.29) is 0 Å². The molecule has 0 aromatic carbocycles. The Kier molecular flexibility index (Phi) is 3.11. The molecule has 5 heteroatoms. The number of rotatable bonds is 3. The van der Waals surface area contributed by atoms with Crippen molar-refractivity contribution in [2.75, 3.05) is 13.2 Å². The molecule has 56 valence electrons. The van der Waals surface area contributed by atoms with E-state index in [4.69, 9.17) is 10.5 Å². The molecule has 1 aromatic heterocycles. The van der Waals surface area contributed by atoms with Gasteiger partial charge >= 0.3 is 0 Å². The fourth-order valence-corrected chi connectivity index (χ4v) is 1.56. The minimum Gasteiger partial charge on any atom is -0.469 e. The highest BCUT2D eigenvalue weighted by Crippen LogP contribution is 2.21. The van der Waals surface area contributed by atoms with Crippen molar-refractivity contribution in [3.63, 3.8) is 0 Å². The Bertz CT molecular complexity index is 203. The van der Waals surface area contributed by atoms with Gasteiger partial charge in [0.25, 0.3) is 5.19 Å². The van der Waals surface area contributed by atoms with Crippen molar-refractivity contribution in [2.45, 2.75) is 0 Å². The average molecular weight is 223 g/mol. The zero-order valence-electron chi connectivity index (χ0n) is 5.21. The van der Waals surface area contributed by atoms with Crippen LogP contribution in [0, 0.1) is 0 Å². The predicted molar refractivity (Wildman–Crippen MR) is 44.4 cm³/mol. The Morgan fingerprint density at radius 2 is 2.60 bits per heavy atom. The van der Waals surface area contributed by atoms with E-state index >= 15 is 0 Å². The van der Waals surface area contributed by atoms with Crippen molar-refractivity contribution in [3.8, 4) is 5.19 Å². The van der Waals surface area contributed by atoms with Crippen molar-refractivity contribution in [2.24, 2.45) is 5.73 Å². The summed E-state index contributed by atoms with van der Waals surface area (Å²) in [6.07, 6.45) is 0. The van der Waals surface area contributed by atoms with Gasteiger partial charge in [0.05, 0.1) is 0 Å². The molecule has 0 spiro atoms. The van der Waals surface area contributed by atoms with Gasteiger partial charge in [0.15, 0.2) is 0 Å². The van der Waals surface area contributed by atoms with Gasteiger partial charge in [0, 0.05) is 11.9 Å². The average Bonchev–Trinajstić information content (AvgIpc) is 2.31. The largest absolute Gasteiger partial charge is 0.469 e. The van der Waals surface area contributed by atoms with Crippen LogP contribution in [-0.4, -0.2) is 18.1 Å². The van der Waals surface area contributed by atoms with Crippen molar-refractivity contribution >= 4 is 27.3 Å². The number of nitrogens with two attached hydrogens (primary N) is 1. The van der Waals surface area contributed by atoms with Crippen molar-refractivity contribution < 1.29 is 4.74 Å². The molecule has 0 aliphatic heterocycles. The summed E-state index contributed by atoms with van der Waals surface area (Å²) >= 11 is 4.67. The first-order valence-corrected chi connectivity index (χ1v) is 4.44. The van der Waals surface area contributed by atoms with E-state index in [9.17, 15) is 0 Å². The summed E-state index contributed by atoms with van der Waals surface area (Å²) in [5.74, 6) is 0. The lowest BCUT2D eigenvalue weighted by molar-refractivity contribution is 0.326. The second-order valence-corrected chi connectivity index (χ2v) is 3.21. The van der Waals surface area contributed by atoms with Crippen LogP contribution >= 0.6 is 27.3 Å². The van der Waals surface area contributed by atoms with Crippen LogP contribution in [0.25, 0.3) is 0 Å². The van der Waals surface area contributed by atoms with Crippen LogP contribution in [0.15, 0.2) is 9.98 Å². The number of nitrogens with zero attached hydrogens (tertiary/aromatic N) is 1. The van der Waals surface area contributed by atoms with Crippen LogP contribution in [-0.2, 0) is 0 Å². The Hall–Kier alpha value is -0.130. The summed E-state index contributed by atoms with van der Waals surface area (Å²) in [4.78, 5) is 4.01. The second kappa shape index (κ2) is 3.90. The lowest BCUT2D eigenvalue weighted by Crippen LogP contribution is -2.10. The smallest absolute Gasteiger partial charge is 0.274 e. The van der Waals surface area contributed by atoms with Gasteiger partial charge in [-0.05, 0) is 15.9 Å². The highest BCUT2D eigenvalue weighted by atomic mass is 79.9. The molecule has 2 N–H and O–H groups in total. The van der Waals surface area contributed by atoms with Crippen LogP contribution in [0.4, 0.5) is 0 Å². The van der Waals surface area contributed by atoms with Crippen LogP contribution in [0.1, 0.15) is 0 Å². The zero-order valence-corrected chi connectivity index (χ0v) is 7.61. The molecule has 1 rings (SSSR count). The first-order chi connectivity index (χ1) is 4.83. The molecular weight excluding hydrogens is 216 g/mol. The molecule has 0 aliphatic rings. The number of aromatic nitrogens is 1. The Labute approximate surface area is 71.3 Å². The molecule has 0 aliphatic carbocycles. The van der Waals surface area contributed by atoms with Crippen LogP contribution in [0.2, 0.25) is 0 Å². The molecule has 0 unspecified atom stereocenters. The Balaban J connectivity index is 2.42. The van der Waals surface area contributed by atoms with E-state index in [1.54, 1.807) is 0 Å². The maximum Gasteiger partial charge on any atom is 0.274 e. The van der Waals surface area contributed by atoms with E-state index in [0.717, 1.165) is 4.60 Å². The van der Waals surface area contributed by atoms with Crippen molar-refractivity contribution in [3.05, 3.63) is 9.98 Å². The van der Waals surface area contributed by atoms with E-state index in [1.807, 2.05) is 5.38 Å². The summed E-state index contributed by atoms with van der Waals surface area (Å²) in [5.41, 5.74) is 5.22. The van der Waals surface area contributed by atoms with Crippen LogP contribution in [0.3, 0.4) is 0 Å². The zero-order chi connectivity index (χ0) is 7.40. The van der Waals surface area contributed by atoms with E-state index in [2.05, 4.69) is 20.9 Å². The topological polar surface area (TPSA) is 48.1 Å². The van der Waals surface area contributed by atoms with Gasteiger partial charge in [-0.25, -0.2) is 0 Å². The maximum absolute atomic E-state index is 5.22. The normalized spacial score (nSPS) is 9.80. The third-order valence-electron chi connectivity index (χ3n) is 0.798. The fourth-order valence-electron chi connectivity index (χ4n) is 0.451. The lowest BCUT2D eigenvalue weighted by atomic mass is 10.7. The van der Waals surface area contributed by atoms with Gasteiger partial charge in [0.2, 0.25) is 0 Å². The van der Waals surface area contributed by atoms with Gasteiger partial charge in [-0.15, -0.1) is 0 Å². The number of hydrogen-bond acceptors (Lipinski definition) is 4. The van der Waals surface area contributed by atoms with E-state index < -0.39 is 0 Å². The molecule has 0 amide bonds. The number of hydrogen-bond donors (Lipinski definition) is 1. The number of ether oxygens (including phenoxy) is 1. The van der Waals surface area contributed by atoms with Crippen LogP contribution < -0.4 is 10.5 Å². The molecular formula is C5H7BrN2OS. The SMILES string of the molecule is NCCOc1nc(Br)cs1. The third-order valence-corrected chi connectivity index (χ3v) is 2.26. The summed E-state index contributed by atoms with van der Waals surface area (Å²) in [6.45, 7) is 1.05. The molecule has 0 saturated heterocycles. The van der Waals surface area contributed by atoms with Gasteiger partial charge < -0.3 is 10.5 Å². The van der Waals surface area contributed by atoms with Gasteiger partial charge in [0.1, 0.15) is 11.2 Å². The second-order valence-electron chi connectivity index (χ2n) is 1.57. The standard InChI is InChI=1S/C5H7BrN2OS/c6-4-3-10-5(8-4)9-2-1-7/h3H,1-2,7H2. The summed E-state index contributed by atoms with van der Waals surface area (Å²) < 4.78 is 5.94. The highest BCUT2D eigenvalue weighted by molar-refractivity contribution is 9.10. The molecule has 0 bridgehead atoms. The Morgan fingerprint density at radius 1 is 1.80 bits per heavy atom. The van der Waals surface area contributed by atoms with Crippen molar-refractivity contribution in [1.82, 2.24) is 4.98 Å². The quantitative estimate of drug-likeness (QED) is 0.838. The van der Waals surface area contributed by atoms with Gasteiger partial charge in [-0.3, -0.25) is 0 Å². The molecule has 0 saturated carbocycles. The minimum absolute atomic E-state index is 0.525. The Morgan fingerprint density at radius 3 is 3.10 bits per heavy atom. The molecule has 10 heavy (non-hydrogen) atoms. The molecule has 0 fully saturated rings. The molecule has 3 nitrogen and oxygen atoms in total. The van der Waals surface area contributed by atoms with E-state index in [0.29, 0.717) is 18.3 Å². The van der Waals surface area contributed by atoms with Gasteiger partial charge in [-0.1, -0.05) is 11.3 Å². The first kappa shape index (κ1) is 7.97. The summed E-state index contributed by atoms with van der Waals surface area (Å²) in [5, 5.41) is 2.53. The fraction of sp³-hybridized carbons (Fsp3) is 0.400. The van der Waals surface area contributed by atoms with Crippen molar-refractivity contribution in [1.29, 1.82) is 0 Å². The monoisotopic (exact) mass is 222 g/mol.